The number of rotatable bonds is 5. The minimum absolute atomic E-state index is 0.0639. The van der Waals surface area contributed by atoms with Crippen molar-refractivity contribution in [2.24, 2.45) is 0 Å². The van der Waals surface area contributed by atoms with Crippen molar-refractivity contribution in [1.82, 2.24) is 9.80 Å². The van der Waals surface area contributed by atoms with Crippen LogP contribution in [-0.2, 0) is 20.9 Å². The van der Waals surface area contributed by atoms with Crippen LogP contribution < -0.4 is 5.32 Å². The Bertz CT molecular complexity index is 930. The molecule has 27 heavy (non-hydrogen) atoms. The van der Waals surface area contributed by atoms with Gasteiger partial charge < -0.3 is 5.32 Å². The van der Waals surface area contributed by atoms with Crippen LogP contribution in [0.5, 0.6) is 0 Å². The lowest BCUT2D eigenvalue weighted by molar-refractivity contribution is -0.143. The Balaban J connectivity index is 1.68. The van der Waals surface area contributed by atoms with Crippen molar-refractivity contribution in [3.05, 3.63) is 65.5 Å². The fourth-order valence-corrected chi connectivity index (χ4v) is 2.61. The van der Waals surface area contributed by atoms with Crippen LogP contribution in [0.25, 0.3) is 0 Å². The van der Waals surface area contributed by atoms with Gasteiger partial charge in [0.2, 0.25) is 5.91 Å². The number of amides is 5. The van der Waals surface area contributed by atoms with Gasteiger partial charge in [0.25, 0.3) is 0 Å². The number of aryl methyl sites for hydroxylation is 1. The van der Waals surface area contributed by atoms with Crippen molar-refractivity contribution in [3.8, 4) is 0 Å². The Morgan fingerprint density at radius 3 is 2.33 bits per heavy atom. The maximum Gasteiger partial charge on any atom is 0.335 e. The zero-order valence-electron chi connectivity index (χ0n) is 14.4. The molecule has 0 atom stereocenters. The van der Waals surface area contributed by atoms with Crippen LogP contribution in [0.15, 0.2) is 48.5 Å². The third kappa shape index (κ3) is 3.84. The first kappa shape index (κ1) is 18.2. The number of halogens is 1. The molecule has 0 unspecified atom stereocenters. The number of hydrogen-bond donors (Lipinski definition) is 1. The Labute approximate surface area is 154 Å². The lowest BCUT2D eigenvalue weighted by atomic mass is 10.2. The van der Waals surface area contributed by atoms with E-state index in [4.69, 9.17) is 0 Å². The first-order valence-electron chi connectivity index (χ1n) is 8.14. The van der Waals surface area contributed by atoms with E-state index < -0.39 is 36.1 Å². The number of hydrogen-bond acceptors (Lipinski definition) is 4. The highest BCUT2D eigenvalue weighted by molar-refractivity contribution is 6.45. The fourth-order valence-electron chi connectivity index (χ4n) is 2.61. The highest BCUT2D eigenvalue weighted by Crippen LogP contribution is 2.17. The molecule has 5 amide bonds. The topological polar surface area (TPSA) is 86.8 Å². The summed E-state index contributed by atoms with van der Waals surface area (Å²) < 4.78 is 13.5. The summed E-state index contributed by atoms with van der Waals surface area (Å²) in [5.41, 5.74) is 1.28. The van der Waals surface area contributed by atoms with Crippen molar-refractivity contribution in [2.45, 2.75) is 13.5 Å². The molecule has 1 saturated heterocycles. The van der Waals surface area contributed by atoms with Crippen LogP contribution >= 0.6 is 0 Å². The Morgan fingerprint density at radius 1 is 1.00 bits per heavy atom. The number of nitrogens with zero attached hydrogens (tertiary/aromatic N) is 2. The molecule has 1 aliphatic heterocycles. The number of carbonyl (C=O) groups is 4. The maximum absolute atomic E-state index is 13.5. The summed E-state index contributed by atoms with van der Waals surface area (Å²) in [5, 5.41) is 2.40. The molecule has 0 saturated carbocycles. The molecular formula is C19H16FN3O4. The van der Waals surface area contributed by atoms with Crippen LogP contribution in [0.1, 0.15) is 11.1 Å². The smallest absolute Gasteiger partial charge is 0.324 e. The quantitative estimate of drug-likeness (QED) is 0.646. The van der Waals surface area contributed by atoms with E-state index in [-0.39, 0.29) is 12.2 Å². The largest absolute Gasteiger partial charge is 0.335 e. The average Bonchev–Trinajstić information content (AvgIpc) is 2.84. The summed E-state index contributed by atoms with van der Waals surface area (Å²) in [6, 6.07) is 12.0. The molecule has 0 aliphatic carbocycles. The lowest BCUT2D eigenvalue weighted by Gasteiger charge is -2.15. The van der Waals surface area contributed by atoms with E-state index >= 15 is 0 Å². The molecule has 0 radical (unpaired) electrons. The van der Waals surface area contributed by atoms with Gasteiger partial charge in [-0.1, -0.05) is 36.4 Å². The molecule has 8 heteroatoms. The van der Waals surface area contributed by atoms with E-state index in [0.717, 1.165) is 11.0 Å². The van der Waals surface area contributed by atoms with Crippen molar-refractivity contribution >= 4 is 29.4 Å². The number of imide groups is 2. The molecule has 2 aromatic carbocycles. The van der Waals surface area contributed by atoms with Crippen LogP contribution in [0.4, 0.5) is 14.9 Å². The number of anilines is 1. The fraction of sp³-hybridized carbons (Fsp3) is 0.158. The molecule has 138 valence electrons. The Kier molecular flexibility index (Phi) is 4.98. The molecule has 1 fully saturated rings. The summed E-state index contributed by atoms with van der Waals surface area (Å²) in [7, 11) is 0. The molecule has 7 nitrogen and oxygen atoms in total. The molecular weight excluding hydrogens is 353 g/mol. The second-order valence-electron chi connectivity index (χ2n) is 6.06. The second kappa shape index (κ2) is 7.36. The zero-order valence-corrected chi connectivity index (χ0v) is 14.4. The minimum Gasteiger partial charge on any atom is -0.324 e. The normalized spacial score (nSPS) is 14.1. The van der Waals surface area contributed by atoms with Crippen LogP contribution in [0, 0.1) is 12.7 Å². The number of benzene rings is 2. The van der Waals surface area contributed by atoms with Crippen LogP contribution in [0.3, 0.4) is 0 Å². The van der Waals surface area contributed by atoms with Crippen molar-refractivity contribution in [2.75, 3.05) is 11.9 Å². The highest BCUT2D eigenvalue weighted by Gasteiger charge is 2.45. The standard InChI is InChI=1S/C19H16FN3O4/c1-12-7-8-14(9-15(12)20)21-16(24)11-23-18(26)17(25)22(19(23)27)10-13-5-3-2-4-6-13/h2-9H,10-11H2,1H3,(H,21,24). The van der Waals surface area contributed by atoms with Crippen molar-refractivity contribution < 1.29 is 23.6 Å². The van der Waals surface area contributed by atoms with Gasteiger partial charge in [-0.2, -0.15) is 0 Å². The molecule has 0 spiro atoms. The van der Waals surface area contributed by atoms with Gasteiger partial charge in [0.05, 0.1) is 6.54 Å². The monoisotopic (exact) mass is 369 g/mol. The lowest BCUT2D eigenvalue weighted by Crippen LogP contribution is -2.38. The van der Waals surface area contributed by atoms with Crippen molar-refractivity contribution in [3.63, 3.8) is 0 Å². The summed E-state index contributed by atoms with van der Waals surface area (Å²) in [6.45, 7) is 0.880. The third-order valence-electron chi connectivity index (χ3n) is 4.08. The molecule has 1 aliphatic rings. The number of urea groups is 1. The van der Waals surface area contributed by atoms with Crippen LogP contribution in [-0.4, -0.2) is 40.1 Å². The molecule has 1 N–H and O–H groups in total. The van der Waals surface area contributed by atoms with Gasteiger partial charge in [0.15, 0.2) is 0 Å². The number of carbonyl (C=O) groups excluding carboxylic acids is 4. The van der Waals surface area contributed by atoms with E-state index in [1.807, 2.05) is 0 Å². The first-order chi connectivity index (χ1) is 12.9. The predicted octanol–water partition coefficient (Wildman–Crippen LogP) is 2.06. The maximum atomic E-state index is 13.5. The number of nitrogens with one attached hydrogen (secondary N) is 1. The van der Waals surface area contributed by atoms with Gasteiger partial charge in [-0.05, 0) is 30.2 Å². The first-order valence-corrected chi connectivity index (χ1v) is 8.14. The summed E-state index contributed by atoms with van der Waals surface area (Å²) >= 11 is 0. The van der Waals surface area contributed by atoms with Gasteiger partial charge in [0, 0.05) is 5.69 Å². The average molecular weight is 369 g/mol. The molecule has 1 heterocycles. The third-order valence-corrected chi connectivity index (χ3v) is 4.08. The molecule has 2 aromatic rings. The van der Waals surface area contributed by atoms with E-state index in [0.29, 0.717) is 16.0 Å². The van der Waals surface area contributed by atoms with E-state index in [2.05, 4.69) is 5.32 Å². The van der Waals surface area contributed by atoms with Crippen LogP contribution in [0.2, 0.25) is 0 Å². The molecule has 3 rings (SSSR count). The zero-order chi connectivity index (χ0) is 19.6. The summed E-state index contributed by atoms with van der Waals surface area (Å²) in [6.07, 6.45) is 0. The van der Waals surface area contributed by atoms with Gasteiger partial charge in [-0.25, -0.2) is 14.1 Å². The van der Waals surface area contributed by atoms with E-state index in [1.54, 1.807) is 37.3 Å². The van der Waals surface area contributed by atoms with Gasteiger partial charge in [0.1, 0.15) is 12.4 Å². The molecule has 0 aromatic heterocycles. The van der Waals surface area contributed by atoms with Gasteiger partial charge >= 0.3 is 17.8 Å². The summed E-state index contributed by atoms with van der Waals surface area (Å²) in [4.78, 5) is 50.0. The Morgan fingerprint density at radius 2 is 1.67 bits per heavy atom. The summed E-state index contributed by atoms with van der Waals surface area (Å²) in [5.74, 6) is -3.26. The van der Waals surface area contributed by atoms with E-state index in [9.17, 15) is 23.6 Å². The SMILES string of the molecule is Cc1ccc(NC(=O)CN2C(=O)C(=O)N(Cc3ccccc3)C2=O)cc1F. The molecule has 0 bridgehead atoms. The van der Waals surface area contributed by atoms with Gasteiger partial charge in [-0.15, -0.1) is 0 Å². The Hall–Kier alpha value is -3.55. The predicted molar refractivity (Wildman–Crippen MR) is 93.9 cm³/mol. The highest BCUT2D eigenvalue weighted by atomic mass is 19.1. The van der Waals surface area contributed by atoms with Crippen molar-refractivity contribution in [1.29, 1.82) is 0 Å². The van der Waals surface area contributed by atoms with Gasteiger partial charge in [-0.3, -0.25) is 19.3 Å². The minimum atomic E-state index is -1.07. The second-order valence-corrected chi connectivity index (χ2v) is 6.06. The van der Waals surface area contributed by atoms with E-state index in [1.165, 1.54) is 12.1 Å².